The lowest BCUT2D eigenvalue weighted by Crippen LogP contribution is -2.54. The van der Waals surface area contributed by atoms with Crippen molar-refractivity contribution in [3.8, 4) is 17.2 Å². The second kappa shape index (κ2) is 8.36. The summed E-state index contributed by atoms with van der Waals surface area (Å²) < 4.78 is 16.6. The van der Waals surface area contributed by atoms with Crippen molar-refractivity contribution in [3.63, 3.8) is 0 Å². The maximum Gasteiger partial charge on any atom is 0.335 e. The molecule has 0 aromatic heterocycles. The fraction of sp³-hybridized carbons (Fsp3) is 0.150. The molecular formula is C20H17BrN2O6. The number of carbonyl (C=O) groups excluding carboxylic acids is 3. The summed E-state index contributed by atoms with van der Waals surface area (Å²) in [4.78, 5) is 38.4. The molecule has 2 aromatic carbocycles. The topological polar surface area (TPSA) is 94.2 Å². The molecule has 2 aromatic rings. The lowest BCUT2D eigenvalue weighted by Gasteiger charge is -2.26. The maximum absolute atomic E-state index is 12.9. The Kier molecular flexibility index (Phi) is 5.88. The van der Waals surface area contributed by atoms with E-state index in [4.69, 9.17) is 14.2 Å². The summed E-state index contributed by atoms with van der Waals surface area (Å²) in [5.41, 5.74) is 0.587. The van der Waals surface area contributed by atoms with Gasteiger partial charge in [0.05, 0.1) is 27.0 Å². The molecule has 1 saturated heterocycles. The number of anilines is 1. The van der Waals surface area contributed by atoms with Gasteiger partial charge in [0.25, 0.3) is 11.8 Å². The number of imide groups is 2. The van der Waals surface area contributed by atoms with Gasteiger partial charge in [-0.15, -0.1) is 0 Å². The Bertz CT molecular complexity index is 991. The predicted octanol–water partition coefficient (Wildman–Crippen LogP) is 3.14. The van der Waals surface area contributed by atoms with Crippen LogP contribution in [0, 0.1) is 0 Å². The van der Waals surface area contributed by atoms with Gasteiger partial charge in [-0.25, -0.2) is 9.69 Å². The maximum atomic E-state index is 12.9. The van der Waals surface area contributed by atoms with Crippen LogP contribution in [0.25, 0.3) is 6.08 Å². The Labute approximate surface area is 175 Å². The summed E-state index contributed by atoms with van der Waals surface area (Å²) in [6, 6.07) is 8.93. The SMILES string of the molecule is COc1cc(/C=C2\C(=O)NC(=O)N(c3ccc(Br)cc3)C2=O)cc(OC)c1OC. The van der Waals surface area contributed by atoms with Crippen molar-refractivity contribution in [1.29, 1.82) is 0 Å². The van der Waals surface area contributed by atoms with Gasteiger partial charge in [0.1, 0.15) is 5.57 Å². The summed E-state index contributed by atoms with van der Waals surface area (Å²) in [7, 11) is 4.39. The third kappa shape index (κ3) is 3.95. The molecule has 4 amide bonds. The molecule has 0 unspecified atom stereocenters. The van der Waals surface area contributed by atoms with Gasteiger partial charge in [-0.1, -0.05) is 15.9 Å². The van der Waals surface area contributed by atoms with Crippen molar-refractivity contribution in [1.82, 2.24) is 5.32 Å². The van der Waals surface area contributed by atoms with Crippen LogP contribution in [0.3, 0.4) is 0 Å². The van der Waals surface area contributed by atoms with E-state index in [2.05, 4.69) is 21.2 Å². The number of hydrogen-bond donors (Lipinski definition) is 1. The number of benzene rings is 2. The van der Waals surface area contributed by atoms with Crippen LogP contribution < -0.4 is 24.4 Å². The van der Waals surface area contributed by atoms with E-state index in [1.165, 1.54) is 27.4 Å². The number of carbonyl (C=O) groups is 3. The zero-order valence-electron chi connectivity index (χ0n) is 15.8. The molecule has 9 heteroatoms. The molecule has 0 spiro atoms. The van der Waals surface area contributed by atoms with Crippen molar-refractivity contribution >= 4 is 45.5 Å². The quantitative estimate of drug-likeness (QED) is 0.543. The number of rotatable bonds is 5. The van der Waals surface area contributed by atoms with Crippen LogP contribution in [-0.2, 0) is 9.59 Å². The minimum absolute atomic E-state index is 0.207. The second-order valence-electron chi connectivity index (χ2n) is 5.89. The highest BCUT2D eigenvalue weighted by Crippen LogP contribution is 2.39. The van der Waals surface area contributed by atoms with Crippen molar-refractivity contribution < 1.29 is 28.6 Å². The van der Waals surface area contributed by atoms with E-state index in [0.29, 0.717) is 28.5 Å². The molecule has 3 rings (SSSR count). The number of ether oxygens (including phenoxy) is 3. The van der Waals surface area contributed by atoms with E-state index in [-0.39, 0.29) is 5.57 Å². The summed E-state index contributed by atoms with van der Waals surface area (Å²) in [5, 5.41) is 2.18. The number of halogens is 1. The molecule has 0 radical (unpaired) electrons. The normalized spacial score (nSPS) is 15.4. The van der Waals surface area contributed by atoms with E-state index < -0.39 is 17.8 Å². The largest absolute Gasteiger partial charge is 0.493 e. The summed E-state index contributed by atoms with van der Waals surface area (Å²) in [5.74, 6) is -0.424. The van der Waals surface area contributed by atoms with E-state index in [0.717, 1.165) is 9.37 Å². The minimum atomic E-state index is -0.815. The van der Waals surface area contributed by atoms with E-state index in [9.17, 15) is 14.4 Å². The molecule has 1 heterocycles. The van der Waals surface area contributed by atoms with Crippen LogP contribution in [0.1, 0.15) is 5.56 Å². The number of hydrogen-bond acceptors (Lipinski definition) is 6. The lowest BCUT2D eigenvalue weighted by atomic mass is 10.1. The number of nitrogens with one attached hydrogen (secondary N) is 1. The van der Waals surface area contributed by atoms with Crippen LogP contribution >= 0.6 is 15.9 Å². The van der Waals surface area contributed by atoms with Crippen molar-refractivity contribution in [2.45, 2.75) is 0 Å². The Morgan fingerprint density at radius 3 is 2.03 bits per heavy atom. The highest BCUT2D eigenvalue weighted by molar-refractivity contribution is 9.10. The smallest absolute Gasteiger partial charge is 0.335 e. The molecule has 1 N–H and O–H groups in total. The molecule has 0 saturated carbocycles. The van der Waals surface area contributed by atoms with Crippen molar-refractivity contribution in [3.05, 3.63) is 52.0 Å². The standard InChI is InChI=1S/C20H17BrN2O6/c1-27-15-9-11(10-16(28-2)17(15)29-3)8-14-18(24)22-20(26)23(19(14)25)13-6-4-12(21)5-7-13/h4-10H,1-3H3,(H,22,24,26)/b14-8+. The number of amides is 4. The van der Waals surface area contributed by atoms with Gasteiger partial charge >= 0.3 is 6.03 Å². The molecule has 0 bridgehead atoms. The fourth-order valence-corrected chi connectivity index (χ4v) is 3.10. The lowest BCUT2D eigenvalue weighted by molar-refractivity contribution is -0.122. The highest BCUT2D eigenvalue weighted by atomic mass is 79.9. The number of methoxy groups -OCH3 is 3. The molecule has 150 valence electrons. The summed E-state index contributed by atoms with van der Waals surface area (Å²) >= 11 is 3.30. The van der Waals surface area contributed by atoms with Crippen LogP contribution in [0.15, 0.2) is 46.4 Å². The number of nitrogens with zero attached hydrogens (tertiary/aromatic N) is 1. The van der Waals surface area contributed by atoms with Crippen LogP contribution in [0.4, 0.5) is 10.5 Å². The first-order chi connectivity index (χ1) is 13.9. The molecule has 1 fully saturated rings. The Morgan fingerprint density at radius 1 is 0.931 bits per heavy atom. The van der Waals surface area contributed by atoms with Crippen LogP contribution in [0.2, 0.25) is 0 Å². The first kappa shape index (κ1) is 20.4. The third-order valence-electron chi connectivity index (χ3n) is 4.18. The van der Waals surface area contributed by atoms with Gasteiger partial charge in [-0.2, -0.15) is 0 Å². The van der Waals surface area contributed by atoms with Gasteiger partial charge in [0.2, 0.25) is 5.75 Å². The van der Waals surface area contributed by atoms with Gasteiger partial charge in [-0.05, 0) is 48.0 Å². The zero-order chi connectivity index (χ0) is 21.1. The predicted molar refractivity (Wildman–Crippen MR) is 109 cm³/mol. The van der Waals surface area contributed by atoms with Crippen molar-refractivity contribution in [2.24, 2.45) is 0 Å². The Morgan fingerprint density at radius 2 is 1.52 bits per heavy atom. The van der Waals surface area contributed by atoms with E-state index in [1.807, 2.05) is 0 Å². The Hall–Kier alpha value is -3.33. The minimum Gasteiger partial charge on any atom is -0.493 e. The molecule has 0 aliphatic carbocycles. The fourth-order valence-electron chi connectivity index (χ4n) is 2.83. The molecule has 8 nitrogen and oxygen atoms in total. The van der Waals surface area contributed by atoms with Gasteiger partial charge in [0, 0.05) is 4.47 Å². The van der Waals surface area contributed by atoms with E-state index in [1.54, 1.807) is 36.4 Å². The van der Waals surface area contributed by atoms with Crippen molar-refractivity contribution in [2.75, 3.05) is 26.2 Å². The van der Waals surface area contributed by atoms with Gasteiger partial charge in [-0.3, -0.25) is 14.9 Å². The molecule has 1 aliphatic heterocycles. The third-order valence-corrected chi connectivity index (χ3v) is 4.71. The molecule has 0 atom stereocenters. The Balaban J connectivity index is 2.06. The zero-order valence-corrected chi connectivity index (χ0v) is 17.4. The van der Waals surface area contributed by atoms with Crippen LogP contribution in [0.5, 0.6) is 17.2 Å². The number of urea groups is 1. The second-order valence-corrected chi connectivity index (χ2v) is 6.81. The summed E-state index contributed by atoms with van der Waals surface area (Å²) in [6.07, 6.45) is 1.36. The average Bonchev–Trinajstić information content (AvgIpc) is 2.71. The average molecular weight is 461 g/mol. The first-order valence-electron chi connectivity index (χ1n) is 8.36. The van der Waals surface area contributed by atoms with E-state index >= 15 is 0 Å². The molecule has 29 heavy (non-hydrogen) atoms. The number of barbiturate groups is 1. The van der Waals surface area contributed by atoms with Gasteiger partial charge < -0.3 is 14.2 Å². The first-order valence-corrected chi connectivity index (χ1v) is 9.16. The van der Waals surface area contributed by atoms with Gasteiger partial charge in [0.15, 0.2) is 11.5 Å². The molecule has 1 aliphatic rings. The molecular weight excluding hydrogens is 444 g/mol. The summed E-state index contributed by atoms with van der Waals surface area (Å²) in [6.45, 7) is 0. The van der Waals surface area contributed by atoms with Crippen LogP contribution in [-0.4, -0.2) is 39.2 Å². The monoisotopic (exact) mass is 460 g/mol. The highest BCUT2D eigenvalue weighted by Gasteiger charge is 2.36.